The first-order valence-corrected chi connectivity index (χ1v) is 9.27. The fraction of sp³-hybridized carbons (Fsp3) is 0.136. The van der Waals surface area contributed by atoms with Gasteiger partial charge in [-0.2, -0.15) is 5.26 Å². The normalized spacial score (nSPS) is 13.6. The fourth-order valence-electron chi connectivity index (χ4n) is 3.35. The van der Waals surface area contributed by atoms with Crippen LogP contribution in [0.3, 0.4) is 0 Å². The van der Waals surface area contributed by atoms with Crippen molar-refractivity contribution in [3.05, 3.63) is 65.4 Å². The lowest BCUT2D eigenvalue weighted by atomic mass is 10.1. The average molecular weight is 417 g/mol. The average Bonchev–Trinajstić information content (AvgIpc) is 3.26. The van der Waals surface area contributed by atoms with E-state index in [0.717, 1.165) is 4.90 Å². The maximum Gasteiger partial charge on any atom is 0.329 e. The quantitative estimate of drug-likeness (QED) is 0.498. The molecule has 3 aromatic rings. The molecule has 154 valence electrons. The predicted octanol–water partition coefficient (Wildman–Crippen LogP) is 2.47. The lowest BCUT2D eigenvalue weighted by Gasteiger charge is -2.20. The highest BCUT2D eigenvalue weighted by Gasteiger charge is 2.41. The first kappa shape index (κ1) is 19.8. The first-order valence-electron chi connectivity index (χ1n) is 9.27. The summed E-state index contributed by atoms with van der Waals surface area (Å²) >= 11 is 0. The number of ether oxygens (including phenoxy) is 1. The Bertz CT molecular complexity index is 1250. The summed E-state index contributed by atoms with van der Waals surface area (Å²) in [5.41, 5.74) is 1.01. The molecule has 0 radical (unpaired) electrons. The van der Waals surface area contributed by atoms with Gasteiger partial charge >= 0.3 is 5.97 Å². The molecular formula is C22H15N3O6. The summed E-state index contributed by atoms with van der Waals surface area (Å²) < 4.78 is 10.4. The molecule has 2 aromatic carbocycles. The molecule has 2 heterocycles. The molecular weight excluding hydrogens is 402 g/mol. The van der Waals surface area contributed by atoms with Gasteiger partial charge in [0.15, 0.2) is 6.61 Å². The molecule has 1 aliphatic heterocycles. The van der Waals surface area contributed by atoms with Crippen molar-refractivity contribution in [3.8, 4) is 6.07 Å². The molecule has 4 rings (SSSR count). The summed E-state index contributed by atoms with van der Waals surface area (Å²) in [4.78, 5) is 50.4. The van der Waals surface area contributed by atoms with Gasteiger partial charge in [0, 0.05) is 5.39 Å². The highest BCUT2D eigenvalue weighted by atomic mass is 16.5. The van der Waals surface area contributed by atoms with Gasteiger partial charge in [0.1, 0.15) is 23.4 Å². The number of nitrogens with one attached hydrogen (secondary N) is 1. The Morgan fingerprint density at radius 1 is 1.10 bits per heavy atom. The van der Waals surface area contributed by atoms with Crippen LogP contribution in [-0.4, -0.2) is 41.2 Å². The number of rotatable bonds is 5. The number of benzene rings is 2. The number of hydrogen-bond acceptors (Lipinski definition) is 7. The molecule has 0 aliphatic carbocycles. The highest BCUT2D eigenvalue weighted by Crippen LogP contribution is 2.30. The van der Waals surface area contributed by atoms with Crippen LogP contribution < -0.4 is 5.32 Å². The molecule has 0 bridgehead atoms. The van der Waals surface area contributed by atoms with Crippen LogP contribution >= 0.6 is 0 Å². The van der Waals surface area contributed by atoms with Crippen LogP contribution in [0.4, 0.5) is 5.69 Å². The molecule has 0 saturated carbocycles. The summed E-state index contributed by atoms with van der Waals surface area (Å²) in [5.74, 6) is -2.90. The monoisotopic (exact) mass is 417 g/mol. The molecule has 1 aromatic heterocycles. The molecule has 9 heteroatoms. The summed E-state index contributed by atoms with van der Waals surface area (Å²) in [6, 6.07) is 13.7. The number of carbonyl (C=O) groups is 4. The summed E-state index contributed by atoms with van der Waals surface area (Å²) in [5, 5.41) is 12.2. The van der Waals surface area contributed by atoms with E-state index in [1.54, 1.807) is 36.4 Å². The van der Waals surface area contributed by atoms with Crippen LogP contribution in [0.15, 0.2) is 52.9 Å². The van der Waals surface area contributed by atoms with Gasteiger partial charge in [-0.15, -0.1) is 0 Å². The van der Waals surface area contributed by atoms with Gasteiger partial charge in [0.25, 0.3) is 17.7 Å². The molecule has 1 N–H and O–H groups in total. The van der Waals surface area contributed by atoms with Gasteiger partial charge in [-0.1, -0.05) is 24.3 Å². The summed E-state index contributed by atoms with van der Waals surface area (Å²) in [7, 11) is 0. The van der Waals surface area contributed by atoms with Gasteiger partial charge in [0.05, 0.1) is 11.1 Å². The number of para-hydroxylation sites is 1. The third-order valence-electron chi connectivity index (χ3n) is 4.86. The number of fused-ring (bicyclic) bond motifs is 2. The van der Waals surface area contributed by atoms with Gasteiger partial charge < -0.3 is 14.5 Å². The molecule has 0 spiro atoms. The Morgan fingerprint density at radius 2 is 1.71 bits per heavy atom. The molecule has 1 aliphatic rings. The lowest BCUT2D eigenvalue weighted by molar-refractivity contribution is -0.150. The largest absolute Gasteiger partial charge is 0.454 e. The van der Waals surface area contributed by atoms with Crippen LogP contribution in [0.25, 0.3) is 11.0 Å². The van der Waals surface area contributed by atoms with Crippen molar-refractivity contribution in [1.82, 2.24) is 4.90 Å². The Kier molecular flexibility index (Phi) is 4.97. The van der Waals surface area contributed by atoms with Crippen LogP contribution in [-0.2, 0) is 14.3 Å². The van der Waals surface area contributed by atoms with Crippen molar-refractivity contribution in [1.29, 1.82) is 5.26 Å². The molecule has 3 amide bonds. The number of amides is 3. The molecule has 9 nitrogen and oxygen atoms in total. The zero-order chi connectivity index (χ0) is 22.1. The van der Waals surface area contributed by atoms with Crippen molar-refractivity contribution in [3.63, 3.8) is 0 Å². The van der Waals surface area contributed by atoms with Crippen LogP contribution in [0.5, 0.6) is 0 Å². The van der Waals surface area contributed by atoms with Crippen molar-refractivity contribution in [2.75, 3.05) is 11.9 Å². The van der Waals surface area contributed by atoms with E-state index in [4.69, 9.17) is 9.15 Å². The van der Waals surface area contributed by atoms with Crippen molar-refractivity contribution in [2.24, 2.45) is 0 Å². The minimum absolute atomic E-state index is 0.0831. The Morgan fingerprint density at radius 3 is 2.35 bits per heavy atom. The zero-order valence-corrected chi connectivity index (χ0v) is 16.2. The van der Waals surface area contributed by atoms with E-state index in [0.29, 0.717) is 11.0 Å². The number of carbonyl (C=O) groups excluding carboxylic acids is 4. The van der Waals surface area contributed by atoms with Crippen LogP contribution in [0, 0.1) is 11.3 Å². The molecule has 1 atom stereocenters. The van der Waals surface area contributed by atoms with Gasteiger partial charge in [0.2, 0.25) is 5.76 Å². The van der Waals surface area contributed by atoms with Gasteiger partial charge in [-0.3, -0.25) is 19.3 Å². The van der Waals surface area contributed by atoms with Crippen LogP contribution in [0.2, 0.25) is 0 Å². The van der Waals surface area contributed by atoms with E-state index >= 15 is 0 Å². The topological polar surface area (TPSA) is 130 Å². The second kappa shape index (κ2) is 7.76. The second-order valence-electron chi connectivity index (χ2n) is 6.77. The van der Waals surface area contributed by atoms with Gasteiger partial charge in [-0.25, -0.2) is 4.79 Å². The number of hydrogen-bond donors (Lipinski definition) is 1. The third kappa shape index (κ3) is 3.40. The van der Waals surface area contributed by atoms with E-state index in [1.807, 2.05) is 6.07 Å². The molecule has 0 saturated heterocycles. The summed E-state index contributed by atoms with van der Waals surface area (Å²) in [6.45, 7) is 0.677. The number of nitrogens with zero attached hydrogens (tertiary/aromatic N) is 2. The predicted molar refractivity (Wildman–Crippen MR) is 107 cm³/mol. The minimum Gasteiger partial charge on any atom is -0.454 e. The minimum atomic E-state index is -1.22. The maximum absolute atomic E-state index is 12.5. The van der Waals surface area contributed by atoms with E-state index in [1.165, 1.54) is 19.1 Å². The standard InChI is InChI=1S/C22H15N3O6/c1-12(25-20(27)13-6-2-3-7-14(13)21(25)28)22(29)30-11-18(26)24-19-15-8-4-5-9-16(15)31-17(19)10-23/h2-9,12H,11H2,1H3,(H,24,26)/t12-/m1/s1. The number of esters is 1. The highest BCUT2D eigenvalue weighted by molar-refractivity contribution is 6.22. The first-order chi connectivity index (χ1) is 14.9. The Labute approximate surface area is 175 Å². The van der Waals surface area contributed by atoms with Crippen molar-refractivity contribution >= 4 is 40.3 Å². The molecule has 0 unspecified atom stereocenters. The number of nitriles is 1. The number of imide groups is 1. The lowest BCUT2D eigenvalue weighted by Crippen LogP contribution is -2.44. The second-order valence-corrected chi connectivity index (χ2v) is 6.77. The van der Waals surface area contributed by atoms with E-state index < -0.39 is 36.3 Å². The number of anilines is 1. The van der Waals surface area contributed by atoms with Gasteiger partial charge in [-0.05, 0) is 31.2 Å². The molecule has 31 heavy (non-hydrogen) atoms. The Balaban J connectivity index is 1.42. The van der Waals surface area contributed by atoms with Crippen molar-refractivity contribution < 1.29 is 28.3 Å². The third-order valence-corrected chi connectivity index (χ3v) is 4.86. The van der Waals surface area contributed by atoms with Crippen LogP contribution in [0.1, 0.15) is 33.4 Å². The smallest absolute Gasteiger partial charge is 0.329 e. The Hall–Kier alpha value is -4.45. The zero-order valence-electron chi connectivity index (χ0n) is 16.2. The van der Waals surface area contributed by atoms with Crippen molar-refractivity contribution in [2.45, 2.75) is 13.0 Å². The van der Waals surface area contributed by atoms with E-state index in [9.17, 15) is 24.4 Å². The molecule has 0 fully saturated rings. The van der Waals surface area contributed by atoms with E-state index in [-0.39, 0.29) is 22.6 Å². The van der Waals surface area contributed by atoms with E-state index in [2.05, 4.69) is 5.32 Å². The maximum atomic E-state index is 12.5. The number of furan rings is 1. The summed E-state index contributed by atoms with van der Waals surface area (Å²) in [6.07, 6.45) is 0. The fourth-order valence-corrected chi connectivity index (χ4v) is 3.35. The SMILES string of the molecule is C[C@H](C(=O)OCC(=O)Nc1c(C#N)oc2ccccc12)N1C(=O)c2ccccc2C1=O.